The number of phenolic OH excluding ortho intramolecular Hbond substituents is 1. The van der Waals surface area contributed by atoms with Gasteiger partial charge in [0.05, 0.1) is 17.9 Å². The molecule has 6 nitrogen and oxygen atoms in total. The second-order valence-corrected chi connectivity index (χ2v) is 5.19. The van der Waals surface area contributed by atoms with Crippen LogP contribution in [0.4, 0.5) is 5.69 Å². The number of nitrogens with zero attached hydrogens (tertiary/aromatic N) is 2. The number of aromatic nitrogens is 2. The van der Waals surface area contributed by atoms with Crippen molar-refractivity contribution >= 4 is 11.6 Å². The van der Waals surface area contributed by atoms with E-state index in [1.54, 1.807) is 18.3 Å². The lowest BCUT2D eigenvalue weighted by Gasteiger charge is -2.22. The Kier molecular flexibility index (Phi) is 3.87. The lowest BCUT2D eigenvalue weighted by molar-refractivity contribution is 0.102. The number of amides is 1. The van der Waals surface area contributed by atoms with Crippen molar-refractivity contribution in [1.82, 2.24) is 15.1 Å². The van der Waals surface area contributed by atoms with Gasteiger partial charge in [0.15, 0.2) is 0 Å². The van der Waals surface area contributed by atoms with E-state index in [0.717, 1.165) is 25.9 Å². The molecule has 110 valence electrons. The van der Waals surface area contributed by atoms with E-state index in [1.165, 1.54) is 12.1 Å². The van der Waals surface area contributed by atoms with Crippen molar-refractivity contribution in [3.63, 3.8) is 0 Å². The first-order chi connectivity index (χ1) is 10.2. The van der Waals surface area contributed by atoms with Crippen molar-refractivity contribution in [1.29, 1.82) is 0 Å². The van der Waals surface area contributed by atoms with E-state index in [0.29, 0.717) is 17.3 Å². The van der Waals surface area contributed by atoms with Crippen LogP contribution in [0.1, 0.15) is 29.2 Å². The third kappa shape index (κ3) is 3.22. The standard InChI is InChI=1S/C15H18N4O2/c20-14-3-1-2-11(8-14)15(21)18-12-9-17-19(10-12)13-4-6-16-7-5-13/h1-3,8-10,13,16,20H,4-7H2,(H,18,21). The van der Waals surface area contributed by atoms with Gasteiger partial charge >= 0.3 is 0 Å². The van der Waals surface area contributed by atoms with Crippen molar-refractivity contribution in [2.24, 2.45) is 0 Å². The molecule has 1 aromatic heterocycles. The fourth-order valence-corrected chi connectivity index (χ4v) is 2.52. The molecular formula is C15H18N4O2. The van der Waals surface area contributed by atoms with Crippen molar-refractivity contribution in [2.45, 2.75) is 18.9 Å². The molecule has 6 heteroatoms. The van der Waals surface area contributed by atoms with E-state index in [9.17, 15) is 9.90 Å². The third-order valence-electron chi connectivity index (χ3n) is 3.65. The van der Waals surface area contributed by atoms with Crippen LogP contribution in [0.2, 0.25) is 0 Å². The molecule has 3 N–H and O–H groups in total. The highest BCUT2D eigenvalue weighted by atomic mass is 16.3. The van der Waals surface area contributed by atoms with Crippen LogP contribution in [-0.4, -0.2) is 33.9 Å². The van der Waals surface area contributed by atoms with Gasteiger partial charge in [-0.25, -0.2) is 0 Å². The zero-order valence-electron chi connectivity index (χ0n) is 11.6. The van der Waals surface area contributed by atoms with E-state index in [-0.39, 0.29) is 11.7 Å². The first-order valence-electron chi connectivity index (χ1n) is 7.07. The summed E-state index contributed by atoms with van der Waals surface area (Å²) in [7, 11) is 0. The van der Waals surface area contributed by atoms with Gasteiger partial charge in [-0.05, 0) is 44.1 Å². The Hall–Kier alpha value is -2.34. The van der Waals surface area contributed by atoms with Gasteiger partial charge in [0.25, 0.3) is 5.91 Å². The van der Waals surface area contributed by atoms with E-state index in [2.05, 4.69) is 15.7 Å². The fourth-order valence-electron chi connectivity index (χ4n) is 2.52. The number of nitrogens with one attached hydrogen (secondary N) is 2. The molecule has 0 aliphatic carbocycles. The number of phenols is 1. The molecule has 0 unspecified atom stereocenters. The minimum Gasteiger partial charge on any atom is -0.508 e. The number of carbonyl (C=O) groups excluding carboxylic acids is 1. The van der Waals surface area contributed by atoms with Gasteiger partial charge in [-0.15, -0.1) is 0 Å². The Balaban J connectivity index is 1.68. The molecule has 2 aromatic rings. The number of aromatic hydroxyl groups is 1. The molecule has 1 amide bonds. The van der Waals surface area contributed by atoms with Crippen molar-refractivity contribution in [2.75, 3.05) is 18.4 Å². The maximum atomic E-state index is 12.1. The molecule has 3 rings (SSSR count). The molecule has 1 saturated heterocycles. The topological polar surface area (TPSA) is 79.2 Å². The first-order valence-corrected chi connectivity index (χ1v) is 7.07. The monoisotopic (exact) mass is 286 g/mol. The van der Waals surface area contributed by atoms with Crippen LogP contribution in [0.15, 0.2) is 36.7 Å². The molecule has 0 radical (unpaired) electrons. The quantitative estimate of drug-likeness (QED) is 0.803. The van der Waals surface area contributed by atoms with Gasteiger partial charge in [0.1, 0.15) is 5.75 Å². The predicted octanol–water partition coefficient (Wildman–Crippen LogP) is 1.77. The Morgan fingerprint density at radius 1 is 1.38 bits per heavy atom. The Morgan fingerprint density at radius 3 is 2.95 bits per heavy atom. The maximum absolute atomic E-state index is 12.1. The third-order valence-corrected chi connectivity index (χ3v) is 3.65. The minimum atomic E-state index is -0.254. The van der Waals surface area contributed by atoms with Gasteiger partial charge < -0.3 is 15.7 Å². The number of carbonyl (C=O) groups is 1. The summed E-state index contributed by atoms with van der Waals surface area (Å²) in [4.78, 5) is 12.1. The second kappa shape index (κ2) is 5.97. The van der Waals surface area contributed by atoms with Crippen LogP contribution in [0.3, 0.4) is 0 Å². The smallest absolute Gasteiger partial charge is 0.255 e. The summed E-state index contributed by atoms with van der Waals surface area (Å²) < 4.78 is 1.92. The highest BCUT2D eigenvalue weighted by Gasteiger charge is 2.16. The number of hydrogen-bond donors (Lipinski definition) is 3. The van der Waals surface area contributed by atoms with Crippen LogP contribution in [0.5, 0.6) is 5.75 Å². The SMILES string of the molecule is O=C(Nc1cnn(C2CCNCC2)c1)c1cccc(O)c1. The van der Waals surface area contributed by atoms with E-state index in [4.69, 9.17) is 0 Å². The number of piperidine rings is 1. The van der Waals surface area contributed by atoms with E-state index in [1.807, 2.05) is 10.9 Å². The van der Waals surface area contributed by atoms with E-state index >= 15 is 0 Å². The number of hydrogen-bond acceptors (Lipinski definition) is 4. The largest absolute Gasteiger partial charge is 0.508 e. The van der Waals surface area contributed by atoms with Crippen LogP contribution in [-0.2, 0) is 0 Å². The highest BCUT2D eigenvalue weighted by Crippen LogP contribution is 2.20. The lowest BCUT2D eigenvalue weighted by Crippen LogP contribution is -2.29. The summed E-state index contributed by atoms with van der Waals surface area (Å²) >= 11 is 0. The van der Waals surface area contributed by atoms with Gasteiger partial charge in [0, 0.05) is 11.8 Å². The summed E-state index contributed by atoms with van der Waals surface area (Å²) in [5.74, 6) is -0.177. The van der Waals surface area contributed by atoms with Crippen molar-refractivity contribution in [3.05, 3.63) is 42.2 Å². The van der Waals surface area contributed by atoms with Crippen LogP contribution >= 0.6 is 0 Å². The average molecular weight is 286 g/mol. The molecule has 0 saturated carbocycles. The summed E-state index contributed by atoms with van der Waals surface area (Å²) in [6.07, 6.45) is 5.60. The molecule has 1 aliphatic heterocycles. The molecule has 1 aliphatic rings. The van der Waals surface area contributed by atoms with Gasteiger partial charge in [-0.2, -0.15) is 5.10 Å². The van der Waals surface area contributed by atoms with Gasteiger partial charge in [-0.3, -0.25) is 9.48 Å². The zero-order valence-corrected chi connectivity index (χ0v) is 11.6. The van der Waals surface area contributed by atoms with Crippen LogP contribution < -0.4 is 10.6 Å². The highest BCUT2D eigenvalue weighted by molar-refractivity contribution is 6.04. The van der Waals surface area contributed by atoms with Crippen molar-refractivity contribution < 1.29 is 9.90 Å². The molecule has 1 aromatic carbocycles. The summed E-state index contributed by atoms with van der Waals surface area (Å²) in [6.45, 7) is 1.99. The molecule has 2 heterocycles. The summed E-state index contributed by atoms with van der Waals surface area (Å²) in [5, 5.41) is 19.8. The van der Waals surface area contributed by atoms with Crippen LogP contribution in [0, 0.1) is 0 Å². The number of benzene rings is 1. The number of rotatable bonds is 3. The first kappa shape index (κ1) is 13.6. The zero-order chi connectivity index (χ0) is 14.7. The van der Waals surface area contributed by atoms with Gasteiger partial charge in [-0.1, -0.05) is 6.07 Å². The fraction of sp³-hybridized carbons (Fsp3) is 0.333. The predicted molar refractivity (Wildman–Crippen MR) is 79.4 cm³/mol. The normalized spacial score (nSPS) is 15.8. The summed E-state index contributed by atoms with van der Waals surface area (Å²) in [5.41, 5.74) is 1.09. The number of anilines is 1. The molecular weight excluding hydrogens is 268 g/mol. The van der Waals surface area contributed by atoms with Crippen molar-refractivity contribution in [3.8, 4) is 5.75 Å². The lowest BCUT2D eigenvalue weighted by atomic mass is 10.1. The molecule has 21 heavy (non-hydrogen) atoms. The van der Waals surface area contributed by atoms with Crippen LogP contribution in [0.25, 0.3) is 0 Å². The molecule has 0 bridgehead atoms. The Bertz CT molecular complexity index is 632. The minimum absolute atomic E-state index is 0.0769. The average Bonchev–Trinajstić information content (AvgIpc) is 2.97. The molecule has 1 fully saturated rings. The Morgan fingerprint density at radius 2 is 2.19 bits per heavy atom. The van der Waals surface area contributed by atoms with Gasteiger partial charge in [0.2, 0.25) is 0 Å². The molecule has 0 spiro atoms. The Labute approximate surface area is 122 Å². The van der Waals surface area contributed by atoms with E-state index < -0.39 is 0 Å². The second-order valence-electron chi connectivity index (χ2n) is 5.19. The summed E-state index contributed by atoms with van der Waals surface area (Å²) in [6, 6.07) is 6.66. The molecule has 0 atom stereocenters. The maximum Gasteiger partial charge on any atom is 0.255 e.